The first-order valence-corrected chi connectivity index (χ1v) is 6.73. The zero-order chi connectivity index (χ0) is 11.2. The molecule has 90 valence electrons. The third-order valence-corrected chi connectivity index (χ3v) is 2.72. The van der Waals surface area contributed by atoms with Crippen molar-refractivity contribution in [3.8, 4) is 0 Å². The van der Waals surface area contributed by atoms with Crippen molar-refractivity contribution in [2.75, 3.05) is 13.1 Å². The Morgan fingerprint density at radius 1 is 0.867 bits per heavy atom. The molecule has 1 N–H and O–H groups in total. The van der Waals surface area contributed by atoms with Gasteiger partial charge in [0.05, 0.1) is 0 Å². The van der Waals surface area contributed by atoms with E-state index < -0.39 is 0 Å². The molecule has 0 unspecified atom stereocenters. The summed E-state index contributed by atoms with van der Waals surface area (Å²) in [5.41, 5.74) is 0. The molecule has 0 spiro atoms. The van der Waals surface area contributed by atoms with Gasteiger partial charge in [0.15, 0.2) is 0 Å². The van der Waals surface area contributed by atoms with Crippen LogP contribution < -0.4 is 5.32 Å². The maximum absolute atomic E-state index is 3.73. The molecule has 0 fully saturated rings. The molecule has 0 amide bonds. The van der Waals surface area contributed by atoms with E-state index in [0.29, 0.717) is 0 Å². The molecule has 0 saturated carbocycles. The number of hydrogen-bond acceptors (Lipinski definition) is 1. The Bertz CT molecular complexity index is 121. The van der Waals surface area contributed by atoms with Crippen LogP contribution in [0.2, 0.25) is 0 Å². The molecule has 0 bridgehead atoms. The first-order valence-electron chi connectivity index (χ1n) is 6.73. The topological polar surface area (TPSA) is 12.0 Å². The second-order valence-corrected chi connectivity index (χ2v) is 4.30. The molecule has 0 aromatic carbocycles. The quantitative estimate of drug-likeness (QED) is 0.375. The molecule has 0 radical (unpaired) electrons. The highest BCUT2D eigenvalue weighted by atomic mass is 14.8. The van der Waals surface area contributed by atoms with Gasteiger partial charge in [-0.1, -0.05) is 45.1 Å². The Balaban J connectivity index is 2.83. The van der Waals surface area contributed by atoms with Crippen molar-refractivity contribution in [3.05, 3.63) is 12.7 Å². The first-order chi connectivity index (χ1) is 7.41. The van der Waals surface area contributed by atoms with Crippen molar-refractivity contribution < 1.29 is 0 Å². The van der Waals surface area contributed by atoms with E-state index in [1.165, 1.54) is 70.9 Å². The maximum Gasteiger partial charge on any atom is -0.00489 e. The molecule has 0 aromatic rings. The van der Waals surface area contributed by atoms with E-state index >= 15 is 0 Å². The van der Waals surface area contributed by atoms with Crippen LogP contribution in [0.4, 0.5) is 0 Å². The largest absolute Gasteiger partial charge is 0.317 e. The van der Waals surface area contributed by atoms with Crippen LogP contribution in [-0.4, -0.2) is 13.1 Å². The lowest BCUT2D eigenvalue weighted by molar-refractivity contribution is 0.560. The summed E-state index contributed by atoms with van der Waals surface area (Å²) in [5, 5.41) is 3.51. The summed E-state index contributed by atoms with van der Waals surface area (Å²) in [6.07, 6.45) is 14.1. The fourth-order valence-electron chi connectivity index (χ4n) is 1.69. The van der Waals surface area contributed by atoms with Gasteiger partial charge in [-0.2, -0.15) is 0 Å². The van der Waals surface area contributed by atoms with Crippen molar-refractivity contribution in [2.45, 2.75) is 64.7 Å². The lowest BCUT2D eigenvalue weighted by atomic mass is 10.1. The van der Waals surface area contributed by atoms with Gasteiger partial charge in [0.2, 0.25) is 0 Å². The molecule has 1 nitrogen and oxygen atoms in total. The lowest BCUT2D eigenvalue weighted by Gasteiger charge is -2.03. The van der Waals surface area contributed by atoms with Crippen molar-refractivity contribution in [2.24, 2.45) is 0 Å². The van der Waals surface area contributed by atoms with Crippen molar-refractivity contribution >= 4 is 0 Å². The summed E-state index contributed by atoms with van der Waals surface area (Å²) in [4.78, 5) is 0. The predicted octanol–water partition coefficient (Wildman–Crippen LogP) is 4.29. The van der Waals surface area contributed by atoms with E-state index in [4.69, 9.17) is 0 Å². The second-order valence-electron chi connectivity index (χ2n) is 4.30. The average molecular weight is 211 g/mol. The molecule has 0 aliphatic carbocycles. The van der Waals surface area contributed by atoms with E-state index in [1.54, 1.807) is 0 Å². The number of rotatable bonds is 12. The summed E-state index contributed by atoms with van der Waals surface area (Å²) >= 11 is 0. The fourth-order valence-corrected chi connectivity index (χ4v) is 1.69. The Kier molecular flexibility index (Phi) is 13.4. The van der Waals surface area contributed by atoms with Crippen LogP contribution in [0.15, 0.2) is 12.7 Å². The molecule has 1 heteroatoms. The maximum atomic E-state index is 3.73. The normalized spacial score (nSPS) is 10.5. The van der Waals surface area contributed by atoms with E-state index in [1.807, 2.05) is 6.08 Å². The van der Waals surface area contributed by atoms with Crippen molar-refractivity contribution in [1.82, 2.24) is 5.32 Å². The summed E-state index contributed by atoms with van der Waals surface area (Å²) < 4.78 is 0. The van der Waals surface area contributed by atoms with Gasteiger partial charge < -0.3 is 5.32 Å². The highest BCUT2D eigenvalue weighted by Gasteiger charge is 1.90. The average Bonchev–Trinajstić information content (AvgIpc) is 2.26. The third-order valence-electron chi connectivity index (χ3n) is 2.72. The summed E-state index contributed by atoms with van der Waals surface area (Å²) in [6, 6.07) is 0. The van der Waals surface area contributed by atoms with Gasteiger partial charge in [0.1, 0.15) is 0 Å². The van der Waals surface area contributed by atoms with Crippen LogP contribution in [-0.2, 0) is 0 Å². The Morgan fingerprint density at radius 2 is 1.47 bits per heavy atom. The van der Waals surface area contributed by atoms with Gasteiger partial charge in [-0.25, -0.2) is 0 Å². The Morgan fingerprint density at radius 3 is 2.13 bits per heavy atom. The van der Waals surface area contributed by atoms with Crippen LogP contribution in [0.5, 0.6) is 0 Å². The van der Waals surface area contributed by atoms with Crippen LogP contribution in [0.1, 0.15) is 64.7 Å². The van der Waals surface area contributed by atoms with Gasteiger partial charge in [0.25, 0.3) is 0 Å². The van der Waals surface area contributed by atoms with E-state index in [2.05, 4.69) is 18.8 Å². The van der Waals surface area contributed by atoms with Crippen LogP contribution in [0, 0.1) is 0 Å². The van der Waals surface area contributed by atoms with Crippen LogP contribution in [0.3, 0.4) is 0 Å². The molecule has 0 aliphatic heterocycles. The molecule has 0 rings (SSSR count). The Labute approximate surface area is 96.3 Å². The molecule has 0 aromatic heterocycles. The summed E-state index contributed by atoms with van der Waals surface area (Å²) in [6.45, 7) is 8.41. The fraction of sp³-hybridized carbons (Fsp3) is 0.857. The molecule has 0 saturated heterocycles. The third kappa shape index (κ3) is 13.7. The summed E-state index contributed by atoms with van der Waals surface area (Å²) in [7, 11) is 0. The number of hydrogen-bond donors (Lipinski definition) is 1. The van der Waals surface area contributed by atoms with Crippen molar-refractivity contribution in [1.29, 1.82) is 0 Å². The van der Waals surface area contributed by atoms with Gasteiger partial charge in [0, 0.05) is 0 Å². The molecular weight excluding hydrogens is 182 g/mol. The number of nitrogens with one attached hydrogen (secondary N) is 1. The highest BCUT2D eigenvalue weighted by molar-refractivity contribution is 4.65. The molecule has 0 aliphatic rings. The summed E-state index contributed by atoms with van der Waals surface area (Å²) in [5.74, 6) is 0. The monoisotopic (exact) mass is 211 g/mol. The SMILES string of the molecule is C=CCCCCCCCNCCCCC. The standard InChI is InChI=1S/C14H29N/c1-3-5-7-8-9-10-12-14-15-13-11-6-4-2/h3,15H,1,4-14H2,2H3. The van der Waals surface area contributed by atoms with Crippen LogP contribution in [0.25, 0.3) is 0 Å². The van der Waals surface area contributed by atoms with Gasteiger partial charge in [-0.05, 0) is 38.8 Å². The zero-order valence-electron chi connectivity index (χ0n) is 10.6. The molecular formula is C14H29N. The van der Waals surface area contributed by atoms with Gasteiger partial charge in [-0.3, -0.25) is 0 Å². The van der Waals surface area contributed by atoms with E-state index in [-0.39, 0.29) is 0 Å². The molecule has 0 heterocycles. The van der Waals surface area contributed by atoms with Crippen LogP contribution >= 0.6 is 0 Å². The van der Waals surface area contributed by atoms with Gasteiger partial charge >= 0.3 is 0 Å². The zero-order valence-corrected chi connectivity index (χ0v) is 10.6. The smallest absolute Gasteiger partial charge is 0.00489 e. The van der Waals surface area contributed by atoms with E-state index in [0.717, 1.165) is 0 Å². The van der Waals surface area contributed by atoms with E-state index in [9.17, 15) is 0 Å². The number of allylic oxidation sites excluding steroid dienone is 1. The molecule has 0 atom stereocenters. The van der Waals surface area contributed by atoms with Gasteiger partial charge in [-0.15, -0.1) is 6.58 Å². The minimum Gasteiger partial charge on any atom is -0.317 e. The Hall–Kier alpha value is -0.300. The second kappa shape index (κ2) is 13.7. The number of unbranched alkanes of at least 4 members (excludes halogenated alkanes) is 7. The predicted molar refractivity (Wildman–Crippen MR) is 70.3 cm³/mol. The minimum atomic E-state index is 1.19. The highest BCUT2D eigenvalue weighted by Crippen LogP contribution is 2.04. The minimum absolute atomic E-state index is 1.19. The van der Waals surface area contributed by atoms with Crippen molar-refractivity contribution in [3.63, 3.8) is 0 Å². The first kappa shape index (κ1) is 14.7. The molecule has 15 heavy (non-hydrogen) atoms. The lowest BCUT2D eigenvalue weighted by Crippen LogP contribution is -2.16.